The molecule has 0 aliphatic carbocycles. The van der Waals surface area contributed by atoms with Gasteiger partial charge >= 0.3 is 66.9 Å². The minimum atomic E-state index is -4.91. The van der Waals surface area contributed by atoms with Crippen LogP contribution in [0.15, 0.2) is 29.3 Å². The summed E-state index contributed by atoms with van der Waals surface area (Å²) in [6.45, 7) is 1.32. The molecule has 0 radical (unpaired) electrons. The summed E-state index contributed by atoms with van der Waals surface area (Å²) in [6.07, 6.45) is 3.48. The van der Waals surface area contributed by atoms with Gasteiger partial charge in [-0.05, 0) is 24.3 Å². The van der Waals surface area contributed by atoms with Gasteiger partial charge in [-0.25, -0.2) is 4.57 Å². The summed E-state index contributed by atoms with van der Waals surface area (Å²) in [4.78, 5) is 22.0. The van der Waals surface area contributed by atoms with Crippen LogP contribution in [0, 0.1) is 0 Å². The van der Waals surface area contributed by atoms with E-state index in [-0.39, 0.29) is 76.8 Å². The number of hydrogen-bond donors (Lipinski definition) is 3. The molecule has 8 nitrogen and oxygen atoms in total. The van der Waals surface area contributed by atoms with Crippen molar-refractivity contribution >= 4 is 13.7 Å². The van der Waals surface area contributed by atoms with Crippen molar-refractivity contribution in [3.8, 4) is 5.75 Å². The number of aliphatic hydroxyl groups excluding tert-OH is 1. The Morgan fingerprint density at radius 2 is 1.86 bits per heavy atom. The zero-order valence-electron chi connectivity index (χ0n) is 16.8. The number of benzene rings is 1. The van der Waals surface area contributed by atoms with E-state index in [2.05, 4.69) is 16.4 Å². The second kappa shape index (κ2) is 16.3. The third-order valence-corrected chi connectivity index (χ3v) is 4.33. The van der Waals surface area contributed by atoms with Gasteiger partial charge in [0.2, 0.25) is 0 Å². The Bertz CT molecular complexity index is 627. The van der Waals surface area contributed by atoms with Crippen LogP contribution in [-0.2, 0) is 9.09 Å². The van der Waals surface area contributed by atoms with Gasteiger partial charge in [0.1, 0.15) is 12.1 Å². The van der Waals surface area contributed by atoms with E-state index in [1.165, 1.54) is 24.3 Å². The molecule has 1 aromatic carbocycles. The second-order valence-corrected chi connectivity index (χ2v) is 7.21. The first-order chi connectivity index (χ1) is 12.3. The summed E-state index contributed by atoms with van der Waals surface area (Å²) in [5.74, 6) is -0.807. The van der Waals surface area contributed by atoms with Gasteiger partial charge in [-0.2, -0.15) is 0 Å². The van der Waals surface area contributed by atoms with Crippen molar-refractivity contribution in [3.63, 3.8) is 0 Å². The number of aliphatic hydroxyl groups is 1. The monoisotopic (exact) mass is 433 g/mol. The van der Waals surface area contributed by atoms with E-state index in [0.29, 0.717) is 6.42 Å². The van der Waals surface area contributed by atoms with Crippen molar-refractivity contribution in [2.75, 3.05) is 6.61 Å². The Kier molecular flexibility index (Phi) is 17.9. The molecule has 2 atom stereocenters. The molecule has 11 heteroatoms. The van der Waals surface area contributed by atoms with E-state index in [1.54, 1.807) is 0 Å². The molecular formula is C17H26NNa2O7P. The van der Waals surface area contributed by atoms with Crippen LogP contribution in [0.4, 0.5) is 0 Å². The third-order valence-electron chi connectivity index (χ3n) is 3.78. The van der Waals surface area contributed by atoms with Gasteiger partial charge in [0.15, 0.2) is 0 Å². The van der Waals surface area contributed by atoms with E-state index in [4.69, 9.17) is 9.79 Å². The molecule has 0 amide bonds. The van der Waals surface area contributed by atoms with Gasteiger partial charge in [-0.3, -0.25) is 9.52 Å². The Labute approximate surface area is 210 Å². The van der Waals surface area contributed by atoms with Crippen LogP contribution < -0.4 is 69.3 Å². The van der Waals surface area contributed by atoms with Crippen LogP contribution in [0.1, 0.15) is 57.1 Å². The molecule has 1 rings (SSSR count). The fourth-order valence-electron chi connectivity index (χ4n) is 2.54. The molecule has 0 saturated carbocycles. The molecule has 3 N–H and O–H groups in total. The molecule has 0 aliphatic rings. The summed E-state index contributed by atoms with van der Waals surface area (Å²) in [7, 11) is -4.91. The number of phosphoric acid groups is 1. The van der Waals surface area contributed by atoms with Crippen LogP contribution in [0.25, 0.3) is 0 Å². The zero-order chi connectivity index (χ0) is 19.6. The minimum Gasteiger partial charge on any atom is -0.872 e. The van der Waals surface area contributed by atoms with Crippen molar-refractivity contribution in [1.82, 2.24) is 0 Å². The number of unbranched alkanes of at least 4 members (excludes halogenated alkanes) is 4. The second-order valence-electron chi connectivity index (χ2n) is 6.02. The van der Waals surface area contributed by atoms with Crippen molar-refractivity contribution in [1.29, 1.82) is 0 Å². The largest absolute Gasteiger partial charge is 1.00 e. The molecule has 0 spiro atoms. The van der Waals surface area contributed by atoms with E-state index in [1.807, 2.05) is 0 Å². The van der Waals surface area contributed by atoms with Crippen LogP contribution >= 0.6 is 7.82 Å². The topological polar surface area (TPSA) is 145 Å². The Morgan fingerprint density at radius 3 is 2.39 bits per heavy atom. The maximum absolute atomic E-state index is 12.2. The predicted octanol–water partition coefficient (Wildman–Crippen LogP) is -4.60. The molecule has 1 aromatic rings. The predicted molar refractivity (Wildman–Crippen MR) is 93.4 cm³/mol. The average molecular weight is 433 g/mol. The standard InChI is InChI=1S/C17H28NO7P.2Na/c1-2-3-4-5-6-10-16(21)18-17(13-8-7-9-14(20)11-13)15(12-19)25-26(22,23)24;;/h7-9,11,15,17,19-20H,2-6,10,12H2,1H3,(H,18,21)(H2,22,23,24);;/q;2*+1/p-2/t15-,17+;;/m0../s1. The Balaban J connectivity index is 0. The molecule has 0 aliphatic heterocycles. The number of rotatable bonds is 12. The van der Waals surface area contributed by atoms with Crippen LogP contribution in [0.3, 0.4) is 0 Å². The molecule has 0 fully saturated rings. The van der Waals surface area contributed by atoms with Crippen LogP contribution in [-0.4, -0.2) is 33.5 Å². The van der Waals surface area contributed by atoms with Gasteiger partial charge in [0, 0.05) is 0 Å². The molecule has 0 saturated heterocycles. The Hall–Kier alpha value is 0.560. The zero-order valence-corrected chi connectivity index (χ0v) is 21.7. The maximum atomic E-state index is 12.2. The minimum absolute atomic E-state index is 0. The summed E-state index contributed by atoms with van der Waals surface area (Å²) < 4.78 is 15.7. The summed E-state index contributed by atoms with van der Waals surface area (Å²) in [5, 5.41) is 33.2. The van der Waals surface area contributed by atoms with E-state index in [9.17, 15) is 19.9 Å². The number of hydrogen-bond acceptors (Lipinski definition) is 6. The molecule has 0 aromatic heterocycles. The van der Waals surface area contributed by atoms with Crippen molar-refractivity contribution in [3.05, 3.63) is 29.8 Å². The first-order valence-electron chi connectivity index (χ1n) is 8.62. The Morgan fingerprint density at radius 1 is 1.21 bits per heavy atom. The molecule has 0 bridgehead atoms. The van der Waals surface area contributed by atoms with E-state index < -0.39 is 32.5 Å². The summed E-state index contributed by atoms with van der Waals surface area (Å²) in [5.41, 5.74) is 0.254. The van der Waals surface area contributed by atoms with E-state index >= 15 is 0 Å². The van der Waals surface area contributed by atoms with E-state index in [0.717, 1.165) is 25.7 Å². The smallest absolute Gasteiger partial charge is 0.872 e. The van der Waals surface area contributed by atoms with Gasteiger partial charge in [0.05, 0.1) is 6.61 Å². The first-order valence-corrected chi connectivity index (χ1v) is 10.1. The number of aliphatic imine (C=N–C) groups is 1. The van der Waals surface area contributed by atoms with Crippen molar-refractivity contribution < 1.29 is 93.3 Å². The maximum Gasteiger partial charge on any atom is 1.00 e. The van der Waals surface area contributed by atoms with Crippen molar-refractivity contribution in [2.24, 2.45) is 4.99 Å². The van der Waals surface area contributed by atoms with Gasteiger partial charge in [0.25, 0.3) is 0 Å². The van der Waals surface area contributed by atoms with Crippen LogP contribution in [0.5, 0.6) is 5.75 Å². The third kappa shape index (κ3) is 13.0. The number of nitrogens with zero attached hydrogens (tertiary/aromatic N) is 1. The van der Waals surface area contributed by atoms with Crippen LogP contribution in [0.2, 0.25) is 0 Å². The normalized spacial score (nSPS) is 13.9. The molecule has 148 valence electrons. The summed E-state index contributed by atoms with van der Waals surface area (Å²) in [6, 6.07) is 4.27. The molecule has 28 heavy (non-hydrogen) atoms. The number of phosphoric ester groups is 1. The molecular weight excluding hydrogens is 407 g/mol. The fourth-order valence-corrected chi connectivity index (χ4v) is 3.07. The summed E-state index contributed by atoms with van der Waals surface area (Å²) >= 11 is 0. The molecule has 0 heterocycles. The first kappa shape index (κ1) is 30.8. The van der Waals surface area contributed by atoms with Gasteiger partial charge in [-0.15, -0.1) is 5.75 Å². The molecule has 0 unspecified atom stereocenters. The van der Waals surface area contributed by atoms with Gasteiger partial charge in [-0.1, -0.05) is 56.9 Å². The van der Waals surface area contributed by atoms with Gasteiger partial charge < -0.3 is 25.1 Å². The quantitative estimate of drug-likeness (QED) is 0.0989. The SMILES string of the molecule is CCCCCCCC([O-])=N[C@H](c1cccc([O-])c1)[C@H](CO)OP(=O)(O)O.[Na+].[Na+]. The average Bonchev–Trinajstić information content (AvgIpc) is 2.57. The van der Waals surface area contributed by atoms with Crippen molar-refractivity contribution in [2.45, 2.75) is 57.6 Å². The fraction of sp³-hybridized carbons (Fsp3) is 0.588.